The third-order valence-corrected chi connectivity index (χ3v) is 4.57. The van der Waals surface area contributed by atoms with Crippen LogP contribution >= 0.6 is 0 Å². The van der Waals surface area contributed by atoms with Crippen molar-refractivity contribution >= 4 is 5.78 Å². The van der Waals surface area contributed by atoms with Crippen LogP contribution in [0.25, 0.3) is 0 Å². The van der Waals surface area contributed by atoms with Gasteiger partial charge in [0.1, 0.15) is 0 Å². The number of rotatable bonds is 2. The normalized spacial score (nSPS) is 31.8. The van der Waals surface area contributed by atoms with Gasteiger partial charge in [0.25, 0.3) is 0 Å². The number of ketones is 1. The number of piperidine rings is 3. The van der Waals surface area contributed by atoms with Crippen LogP contribution in [0.4, 0.5) is 0 Å². The third-order valence-electron chi connectivity index (χ3n) is 4.57. The molecule has 0 N–H and O–H groups in total. The van der Waals surface area contributed by atoms with Crippen molar-refractivity contribution in [2.75, 3.05) is 19.9 Å². The maximum atomic E-state index is 12.3. The van der Waals surface area contributed by atoms with Gasteiger partial charge in [-0.25, -0.2) is 0 Å². The third kappa shape index (κ3) is 1.82. The maximum absolute atomic E-state index is 12.3. The molecule has 0 aromatic heterocycles. The Morgan fingerprint density at radius 3 is 2.74 bits per heavy atom. The average Bonchev–Trinajstić information content (AvgIpc) is 2.91. The molecule has 2 bridgehead atoms. The number of nitrogens with zero attached hydrogens (tertiary/aromatic N) is 1. The van der Waals surface area contributed by atoms with E-state index in [0.717, 1.165) is 49.4 Å². The predicted molar refractivity (Wildman–Crippen MR) is 69.4 cm³/mol. The zero-order valence-electron chi connectivity index (χ0n) is 10.8. The van der Waals surface area contributed by atoms with Crippen molar-refractivity contribution in [1.29, 1.82) is 0 Å². The van der Waals surface area contributed by atoms with E-state index >= 15 is 0 Å². The highest BCUT2D eigenvalue weighted by Gasteiger charge is 2.40. The summed E-state index contributed by atoms with van der Waals surface area (Å²) in [6.07, 6.45) is 2.90. The Morgan fingerprint density at radius 1 is 1.16 bits per heavy atom. The van der Waals surface area contributed by atoms with Crippen LogP contribution in [0, 0.1) is 5.92 Å². The largest absolute Gasteiger partial charge is 0.454 e. The van der Waals surface area contributed by atoms with Gasteiger partial charge < -0.3 is 9.47 Å². The highest BCUT2D eigenvalue weighted by Crippen LogP contribution is 2.35. The number of fused-ring (bicyclic) bond motifs is 4. The van der Waals surface area contributed by atoms with Crippen molar-refractivity contribution in [3.63, 3.8) is 0 Å². The molecule has 1 unspecified atom stereocenters. The molecule has 0 radical (unpaired) electrons. The van der Waals surface area contributed by atoms with Gasteiger partial charge in [0, 0.05) is 5.92 Å². The summed E-state index contributed by atoms with van der Waals surface area (Å²) in [6.45, 7) is 2.45. The lowest BCUT2D eigenvalue weighted by Gasteiger charge is -2.44. The van der Waals surface area contributed by atoms with Crippen LogP contribution in [0.5, 0.6) is 11.5 Å². The van der Waals surface area contributed by atoms with E-state index in [2.05, 4.69) is 4.90 Å². The van der Waals surface area contributed by atoms with Crippen LogP contribution in [-0.2, 0) is 11.2 Å². The second-order valence-electron chi connectivity index (χ2n) is 5.62. The smallest absolute Gasteiger partial charge is 0.231 e. The van der Waals surface area contributed by atoms with E-state index in [1.165, 1.54) is 0 Å². The molecule has 3 saturated heterocycles. The minimum absolute atomic E-state index is 0.0767. The summed E-state index contributed by atoms with van der Waals surface area (Å²) in [7, 11) is 0. The minimum atomic E-state index is 0.0767. The molecule has 4 heteroatoms. The number of carbonyl (C=O) groups is 1. The average molecular weight is 259 g/mol. The van der Waals surface area contributed by atoms with Crippen molar-refractivity contribution in [1.82, 2.24) is 4.90 Å². The maximum Gasteiger partial charge on any atom is 0.231 e. The number of hydrogen-bond donors (Lipinski definition) is 0. The summed E-state index contributed by atoms with van der Waals surface area (Å²) < 4.78 is 10.7. The first kappa shape index (κ1) is 11.3. The molecule has 100 valence electrons. The van der Waals surface area contributed by atoms with E-state index in [1.807, 2.05) is 18.2 Å². The van der Waals surface area contributed by atoms with Gasteiger partial charge in [0.05, 0.1) is 6.04 Å². The van der Waals surface area contributed by atoms with Gasteiger partial charge >= 0.3 is 0 Å². The van der Waals surface area contributed by atoms with Gasteiger partial charge in [-0.2, -0.15) is 0 Å². The quantitative estimate of drug-likeness (QED) is 0.809. The molecule has 19 heavy (non-hydrogen) atoms. The van der Waals surface area contributed by atoms with E-state index in [1.54, 1.807) is 0 Å². The van der Waals surface area contributed by atoms with Crippen molar-refractivity contribution in [2.45, 2.75) is 25.3 Å². The van der Waals surface area contributed by atoms with E-state index in [-0.39, 0.29) is 6.04 Å². The van der Waals surface area contributed by atoms with Crippen LogP contribution < -0.4 is 9.47 Å². The van der Waals surface area contributed by atoms with Gasteiger partial charge in [-0.1, -0.05) is 6.07 Å². The van der Waals surface area contributed by atoms with Crippen molar-refractivity contribution in [2.24, 2.45) is 5.92 Å². The minimum Gasteiger partial charge on any atom is -0.454 e. The molecule has 4 aliphatic heterocycles. The molecule has 0 saturated carbocycles. The fraction of sp³-hybridized carbons (Fsp3) is 0.533. The lowest BCUT2D eigenvalue weighted by atomic mass is 9.80. The Labute approximate surface area is 112 Å². The standard InChI is InChI=1S/C15H17NO3/c17-15-11-3-5-16(6-4-11)12(15)7-10-1-2-13-14(8-10)19-9-18-13/h1-2,8,11-12H,3-7,9H2. The van der Waals surface area contributed by atoms with Gasteiger partial charge in [-0.15, -0.1) is 0 Å². The fourth-order valence-electron chi connectivity index (χ4n) is 3.47. The van der Waals surface area contributed by atoms with Crippen molar-refractivity contribution in [3.05, 3.63) is 23.8 Å². The molecule has 1 aromatic carbocycles. The zero-order chi connectivity index (χ0) is 12.8. The molecule has 4 aliphatic rings. The molecule has 4 nitrogen and oxygen atoms in total. The van der Waals surface area contributed by atoms with E-state index in [0.29, 0.717) is 18.5 Å². The van der Waals surface area contributed by atoms with Crippen molar-refractivity contribution < 1.29 is 14.3 Å². The summed E-state index contributed by atoms with van der Waals surface area (Å²) >= 11 is 0. The lowest BCUT2D eigenvalue weighted by Crippen LogP contribution is -2.56. The molecule has 1 atom stereocenters. The number of Topliss-reactive ketones (excluding diaryl/α,β-unsaturated/α-hetero) is 1. The fourth-order valence-corrected chi connectivity index (χ4v) is 3.47. The molecular weight excluding hydrogens is 242 g/mol. The van der Waals surface area contributed by atoms with Gasteiger partial charge in [0.15, 0.2) is 17.3 Å². The van der Waals surface area contributed by atoms with Crippen LogP contribution in [0.1, 0.15) is 18.4 Å². The Hall–Kier alpha value is -1.55. The molecule has 3 fully saturated rings. The summed E-state index contributed by atoms with van der Waals surface area (Å²) in [5.41, 5.74) is 1.16. The highest BCUT2D eigenvalue weighted by molar-refractivity contribution is 5.88. The number of carbonyl (C=O) groups excluding carboxylic acids is 1. The van der Waals surface area contributed by atoms with Gasteiger partial charge in [0.2, 0.25) is 6.79 Å². The Morgan fingerprint density at radius 2 is 1.95 bits per heavy atom. The van der Waals surface area contributed by atoms with Crippen molar-refractivity contribution in [3.8, 4) is 11.5 Å². The lowest BCUT2D eigenvalue weighted by molar-refractivity contribution is -0.136. The molecule has 5 rings (SSSR count). The second kappa shape index (κ2) is 4.23. The molecular formula is C15H17NO3. The summed E-state index contributed by atoms with van der Waals surface area (Å²) in [5, 5.41) is 0. The summed E-state index contributed by atoms with van der Waals surface area (Å²) in [6, 6.07) is 6.08. The molecule has 0 amide bonds. The summed E-state index contributed by atoms with van der Waals surface area (Å²) in [4.78, 5) is 14.7. The topological polar surface area (TPSA) is 38.8 Å². The Balaban J connectivity index is 1.56. The molecule has 4 heterocycles. The summed E-state index contributed by atoms with van der Waals surface area (Å²) in [5.74, 6) is 2.36. The van der Waals surface area contributed by atoms with Crippen LogP contribution in [0.2, 0.25) is 0 Å². The molecule has 1 aromatic rings. The van der Waals surface area contributed by atoms with E-state index < -0.39 is 0 Å². The van der Waals surface area contributed by atoms with Gasteiger partial charge in [-0.05, 0) is 50.0 Å². The van der Waals surface area contributed by atoms with Crippen LogP contribution in [-0.4, -0.2) is 36.6 Å². The number of ether oxygens (including phenoxy) is 2. The van der Waals surface area contributed by atoms with E-state index in [9.17, 15) is 4.79 Å². The first-order chi connectivity index (χ1) is 9.31. The Kier molecular flexibility index (Phi) is 2.52. The molecule has 0 aliphatic carbocycles. The zero-order valence-corrected chi connectivity index (χ0v) is 10.8. The number of hydrogen-bond acceptors (Lipinski definition) is 4. The number of benzene rings is 1. The first-order valence-corrected chi connectivity index (χ1v) is 6.97. The highest BCUT2D eigenvalue weighted by atomic mass is 16.7. The monoisotopic (exact) mass is 259 g/mol. The van der Waals surface area contributed by atoms with E-state index in [4.69, 9.17) is 9.47 Å². The van der Waals surface area contributed by atoms with Crippen LogP contribution in [0.3, 0.4) is 0 Å². The SMILES string of the molecule is O=C1C2CCN(CC2)C1Cc1ccc2c(c1)OCO2. The molecule has 0 spiro atoms. The van der Waals surface area contributed by atoms with Gasteiger partial charge in [-0.3, -0.25) is 9.69 Å². The predicted octanol–water partition coefficient (Wildman–Crippen LogP) is 1.62. The van der Waals surface area contributed by atoms with Crippen LogP contribution in [0.15, 0.2) is 18.2 Å². The Bertz CT molecular complexity index is 520. The first-order valence-electron chi connectivity index (χ1n) is 6.97. The second-order valence-corrected chi connectivity index (χ2v) is 5.62.